The van der Waals surface area contributed by atoms with Crippen LogP contribution >= 0.6 is 0 Å². The van der Waals surface area contributed by atoms with Crippen molar-refractivity contribution in [1.82, 2.24) is 26.2 Å². The monoisotopic (exact) mass is 783 g/mol. The molecular formula is C37H59B2N7O10. The van der Waals surface area contributed by atoms with Crippen LogP contribution < -0.4 is 42.8 Å². The average Bonchev–Trinajstić information content (AvgIpc) is 3.14. The van der Waals surface area contributed by atoms with E-state index in [1.165, 1.54) is 26.0 Å². The number of hydrogen-bond acceptors (Lipinski definition) is 13. The zero-order valence-electron chi connectivity index (χ0n) is 32.9. The van der Waals surface area contributed by atoms with Gasteiger partial charge in [-0.2, -0.15) is 0 Å². The quantitative estimate of drug-likeness (QED) is 0.0246. The average molecular weight is 784 g/mol. The van der Waals surface area contributed by atoms with E-state index in [2.05, 4.69) is 38.5 Å². The highest BCUT2D eigenvalue weighted by Crippen LogP contribution is 2.06. The first kappa shape index (κ1) is 51.2. The van der Waals surface area contributed by atoms with E-state index in [0.717, 1.165) is 38.4 Å². The summed E-state index contributed by atoms with van der Waals surface area (Å²) in [4.78, 5) is 69.2. The Hall–Kier alpha value is -4.75. The summed E-state index contributed by atoms with van der Waals surface area (Å²) in [6.45, 7) is 10.7. The van der Waals surface area contributed by atoms with Gasteiger partial charge in [-0.05, 0) is 88.6 Å². The fourth-order valence-electron chi connectivity index (χ4n) is 4.60. The van der Waals surface area contributed by atoms with E-state index in [1.807, 2.05) is 19.0 Å². The maximum atomic E-state index is 12.2. The van der Waals surface area contributed by atoms with Gasteiger partial charge in [0.05, 0.1) is 12.8 Å². The zero-order chi connectivity index (χ0) is 42.3. The lowest BCUT2D eigenvalue weighted by Crippen LogP contribution is -2.39. The van der Waals surface area contributed by atoms with E-state index in [4.69, 9.17) is 10.0 Å². The Labute approximate surface area is 330 Å². The highest BCUT2D eigenvalue weighted by atomic mass is 16.4. The highest BCUT2D eigenvalue weighted by Gasteiger charge is 2.14. The van der Waals surface area contributed by atoms with Crippen molar-refractivity contribution in [2.75, 3.05) is 70.5 Å². The maximum Gasteiger partial charge on any atom is 0.488 e. The number of rotatable bonds is 24. The third-order valence-electron chi connectivity index (χ3n) is 7.43. The second-order valence-electron chi connectivity index (χ2n) is 12.6. The number of Topliss-reactive ketones (excluding diaryl/α,β-unsaturated/α-hetero) is 2. The Bertz CT molecular complexity index is 1520. The van der Waals surface area contributed by atoms with Crippen LogP contribution in [0.15, 0.2) is 61.2 Å². The molecule has 0 aliphatic rings. The van der Waals surface area contributed by atoms with Crippen molar-refractivity contribution in [2.45, 2.75) is 52.4 Å². The first-order valence-corrected chi connectivity index (χ1v) is 18.3. The van der Waals surface area contributed by atoms with Crippen LogP contribution in [0.2, 0.25) is 0 Å². The molecule has 0 bridgehead atoms. The van der Waals surface area contributed by atoms with Crippen LogP contribution in [-0.2, 0) is 28.8 Å². The SMILES string of the molecule is C=CC(=O)Nc1cccc(B(O)O)c1.CNCCCCCNC(=O)CC(C)=O.CNCCN(CCNC(=O)CC(C)=O)CCC(=O)Nc1cccc(B(O)O)c1. The molecule has 0 aliphatic heterocycles. The number of carbonyl (C=O) groups is 6. The van der Waals surface area contributed by atoms with E-state index in [-0.39, 0.29) is 54.5 Å². The number of nitrogens with one attached hydrogen (secondary N) is 6. The summed E-state index contributed by atoms with van der Waals surface area (Å²) in [6, 6.07) is 12.7. The Balaban J connectivity index is 0.000000904. The maximum absolute atomic E-state index is 12.2. The van der Waals surface area contributed by atoms with Gasteiger partial charge in [-0.3, -0.25) is 33.7 Å². The Morgan fingerprint density at radius 2 is 1.12 bits per heavy atom. The summed E-state index contributed by atoms with van der Waals surface area (Å²) in [5.41, 5.74) is 1.62. The van der Waals surface area contributed by atoms with Gasteiger partial charge in [0.1, 0.15) is 11.6 Å². The van der Waals surface area contributed by atoms with Gasteiger partial charge < -0.3 is 52.0 Å². The molecule has 0 atom stereocenters. The second-order valence-corrected chi connectivity index (χ2v) is 12.6. The first-order chi connectivity index (χ1) is 26.6. The Morgan fingerprint density at radius 3 is 1.61 bits per heavy atom. The Kier molecular flexibility index (Phi) is 28.8. The van der Waals surface area contributed by atoms with Crippen LogP contribution in [0, 0.1) is 0 Å². The van der Waals surface area contributed by atoms with E-state index < -0.39 is 14.2 Å². The molecule has 2 rings (SSSR count). The molecule has 0 saturated carbocycles. The number of carbonyl (C=O) groups excluding carboxylic acids is 6. The third kappa shape index (κ3) is 27.8. The molecule has 19 heteroatoms. The lowest BCUT2D eigenvalue weighted by atomic mass is 9.80. The van der Waals surface area contributed by atoms with Crippen molar-refractivity contribution in [3.63, 3.8) is 0 Å². The van der Waals surface area contributed by atoms with Gasteiger partial charge in [-0.25, -0.2) is 0 Å². The van der Waals surface area contributed by atoms with Gasteiger partial charge in [0.25, 0.3) is 0 Å². The van der Waals surface area contributed by atoms with Crippen LogP contribution in [0.1, 0.15) is 52.4 Å². The minimum atomic E-state index is -1.59. The van der Waals surface area contributed by atoms with Crippen LogP contribution in [0.3, 0.4) is 0 Å². The zero-order valence-corrected chi connectivity index (χ0v) is 32.9. The number of nitrogens with zero attached hydrogens (tertiary/aromatic N) is 1. The molecule has 17 nitrogen and oxygen atoms in total. The van der Waals surface area contributed by atoms with Crippen LogP contribution in [-0.4, -0.2) is 134 Å². The number of amides is 4. The summed E-state index contributed by atoms with van der Waals surface area (Å²) in [7, 11) is 0.638. The first-order valence-electron chi connectivity index (χ1n) is 18.3. The standard InChI is InChI=1S/C18H29BN4O5.C10H20N2O2.C9H10BNO3/c1-14(24)12-18(26)21-8-11-23(10-7-20-2)9-6-17(25)22-16-5-3-4-15(13-16)19(27)28;1-9(13)8-10(14)12-7-5-3-4-6-11-2;1-2-9(12)11-8-5-3-4-7(6-8)10(13)14/h3-5,13,20,27-28H,6-12H2,1-2H3,(H,21,26)(H,22,25);11H,3-8H2,1-2H3,(H,12,14);2-6,13-14H,1H2,(H,11,12). The minimum absolute atomic E-state index is 0.0104. The largest absolute Gasteiger partial charge is 0.488 e. The van der Waals surface area contributed by atoms with Gasteiger partial charge in [0, 0.05) is 57.1 Å². The van der Waals surface area contributed by atoms with Gasteiger partial charge in [0.15, 0.2) is 0 Å². The molecule has 0 aliphatic carbocycles. The highest BCUT2D eigenvalue weighted by molar-refractivity contribution is 6.59. The molecule has 56 heavy (non-hydrogen) atoms. The molecule has 2 aromatic rings. The van der Waals surface area contributed by atoms with Crippen molar-refractivity contribution in [2.24, 2.45) is 0 Å². The smallest absolute Gasteiger partial charge is 0.423 e. The third-order valence-corrected chi connectivity index (χ3v) is 7.43. The van der Waals surface area contributed by atoms with Crippen molar-refractivity contribution >= 4 is 71.7 Å². The molecule has 2 aromatic carbocycles. The number of unbranched alkanes of at least 4 members (excludes halogenated alkanes) is 2. The molecule has 0 unspecified atom stereocenters. The van der Waals surface area contributed by atoms with Gasteiger partial charge in [-0.1, -0.05) is 37.3 Å². The predicted molar refractivity (Wildman–Crippen MR) is 219 cm³/mol. The molecule has 4 amide bonds. The summed E-state index contributed by atoms with van der Waals surface area (Å²) in [5, 5.41) is 52.9. The number of ketones is 2. The van der Waals surface area contributed by atoms with Crippen LogP contribution in [0.25, 0.3) is 0 Å². The van der Waals surface area contributed by atoms with Crippen molar-refractivity contribution in [3.8, 4) is 0 Å². The molecule has 0 radical (unpaired) electrons. The van der Waals surface area contributed by atoms with E-state index >= 15 is 0 Å². The topological polar surface area (TPSA) is 259 Å². The second kappa shape index (κ2) is 31.5. The molecule has 0 fully saturated rings. The molecule has 0 spiro atoms. The molecule has 0 heterocycles. The van der Waals surface area contributed by atoms with Gasteiger partial charge in [-0.15, -0.1) is 0 Å². The molecular weight excluding hydrogens is 724 g/mol. The number of likely N-dealkylation sites (N-methyl/N-ethyl adjacent to an activating group) is 1. The van der Waals surface area contributed by atoms with Gasteiger partial charge >= 0.3 is 14.2 Å². The summed E-state index contributed by atoms with van der Waals surface area (Å²) < 4.78 is 0. The van der Waals surface area contributed by atoms with E-state index in [0.29, 0.717) is 55.0 Å². The molecule has 0 saturated heterocycles. The van der Waals surface area contributed by atoms with Crippen LogP contribution in [0.5, 0.6) is 0 Å². The molecule has 0 aromatic heterocycles. The molecule has 10 N–H and O–H groups in total. The Morgan fingerprint density at radius 1 is 0.643 bits per heavy atom. The van der Waals surface area contributed by atoms with Gasteiger partial charge in [0.2, 0.25) is 23.6 Å². The minimum Gasteiger partial charge on any atom is -0.423 e. The number of anilines is 2. The predicted octanol–water partition coefficient (Wildman–Crippen LogP) is -1.73. The van der Waals surface area contributed by atoms with Crippen molar-refractivity contribution < 1.29 is 48.9 Å². The lowest BCUT2D eigenvalue weighted by Gasteiger charge is -2.22. The number of hydrogen-bond donors (Lipinski definition) is 10. The van der Waals surface area contributed by atoms with E-state index in [1.54, 1.807) is 36.4 Å². The van der Waals surface area contributed by atoms with Crippen molar-refractivity contribution in [3.05, 3.63) is 61.2 Å². The molecule has 308 valence electrons. The fourth-order valence-corrected chi connectivity index (χ4v) is 4.60. The fraction of sp³-hybridized carbons (Fsp3) is 0.459. The summed E-state index contributed by atoms with van der Waals surface area (Å²) in [6.07, 6.45) is 4.47. The summed E-state index contributed by atoms with van der Waals surface area (Å²) >= 11 is 0. The lowest BCUT2D eigenvalue weighted by molar-refractivity contribution is -0.128. The van der Waals surface area contributed by atoms with Crippen LogP contribution in [0.4, 0.5) is 11.4 Å². The normalized spacial score (nSPS) is 10.1. The van der Waals surface area contributed by atoms with Crippen molar-refractivity contribution in [1.29, 1.82) is 0 Å². The summed E-state index contributed by atoms with van der Waals surface area (Å²) in [5.74, 6) is -1.26. The number of benzene rings is 2. The van der Waals surface area contributed by atoms with E-state index in [9.17, 15) is 38.8 Å².